The summed E-state index contributed by atoms with van der Waals surface area (Å²) in [5.41, 5.74) is 0.922. The van der Waals surface area contributed by atoms with E-state index in [9.17, 15) is 13.6 Å². The number of nitrogens with one attached hydrogen (secondary N) is 1. The molecule has 0 radical (unpaired) electrons. The predicted molar refractivity (Wildman–Crippen MR) is 82.8 cm³/mol. The Balaban J connectivity index is 2.36. The van der Waals surface area contributed by atoms with Crippen molar-refractivity contribution in [1.29, 1.82) is 0 Å². The van der Waals surface area contributed by atoms with Gasteiger partial charge in [0, 0.05) is 18.6 Å². The van der Waals surface area contributed by atoms with Crippen molar-refractivity contribution in [2.24, 2.45) is 0 Å². The highest BCUT2D eigenvalue weighted by molar-refractivity contribution is 9.10. The van der Waals surface area contributed by atoms with Crippen molar-refractivity contribution in [1.82, 2.24) is 0 Å². The van der Waals surface area contributed by atoms with Gasteiger partial charge in [-0.3, -0.25) is 4.79 Å². The molecule has 21 heavy (non-hydrogen) atoms. The molecule has 1 N–H and O–H groups in total. The first-order chi connectivity index (χ1) is 9.90. The monoisotopic (exact) mass is 354 g/mol. The lowest BCUT2D eigenvalue weighted by atomic mass is 10.1. The van der Waals surface area contributed by atoms with Crippen molar-refractivity contribution in [3.05, 3.63) is 58.1 Å². The van der Waals surface area contributed by atoms with Gasteiger partial charge in [-0.15, -0.1) is 0 Å². The van der Waals surface area contributed by atoms with Crippen LogP contribution in [0.25, 0.3) is 0 Å². The molecule has 1 amide bonds. The lowest BCUT2D eigenvalue weighted by Gasteiger charge is -2.18. The van der Waals surface area contributed by atoms with Gasteiger partial charge < -0.3 is 10.2 Å². The molecule has 0 atom stereocenters. The number of hydrogen-bond donors (Lipinski definition) is 1. The second kappa shape index (κ2) is 6.22. The van der Waals surface area contributed by atoms with Crippen molar-refractivity contribution >= 4 is 33.2 Å². The number of hydrogen-bond acceptors (Lipinski definition) is 2. The van der Waals surface area contributed by atoms with E-state index in [1.54, 1.807) is 6.07 Å². The van der Waals surface area contributed by atoms with Gasteiger partial charge in [0.2, 0.25) is 0 Å². The summed E-state index contributed by atoms with van der Waals surface area (Å²) in [6.45, 7) is 0. The van der Waals surface area contributed by atoms with E-state index in [1.807, 2.05) is 31.1 Å². The summed E-state index contributed by atoms with van der Waals surface area (Å²) in [6, 6.07) is 8.83. The molecule has 0 fully saturated rings. The first-order valence-corrected chi connectivity index (χ1v) is 6.91. The zero-order valence-corrected chi connectivity index (χ0v) is 13.0. The van der Waals surface area contributed by atoms with Gasteiger partial charge in [0.15, 0.2) is 11.6 Å². The zero-order valence-electron chi connectivity index (χ0n) is 11.5. The van der Waals surface area contributed by atoms with Crippen LogP contribution in [-0.4, -0.2) is 20.0 Å². The largest absolute Gasteiger partial charge is 0.376 e. The van der Waals surface area contributed by atoms with Gasteiger partial charge in [0.25, 0.3) is 5.91 Å². The fourth-order valence-electron chi connectivity index (χ4n) is 1.87. The fourth-order valence-corrected chi connectivity index (χ4v) is 2.23. The molecule has 0 aliphatic rings. The van der Waals surface area contributed by atoms with Crippen molar-refractivity contribution in [2.45, 2.75) is 0 Å². The van der Waals surface area contributed by atoms with E-state index >= 15 is 0 Å². The summed E-state index contributed by atoms with van der Waals surface area (Å²) in [4.78, 5) is 13.9. The fraction of sp³-hybridized carbons (Fsp3) is 0.133. The van der Waals surface area contributed by atoms with Crippen LogP contribution >= 0.6 is 15.9 Å². The highest BCUT2D eigenvalue weighted by atomic mass is 79.9. The smallest absolute Gasteiger partial charge is 0.258 e. The summed E-state index contributed by atoms with van der Waals surface area (Å²) < 4.78 is 27.6. The molecule has 0 bridgehead atoms. The Labute approximate surface area is 129 Å². The first kappa shape index (κ1) is 15.4. The van der Waals surface area contributed by atoms with Crippen LogP contribution in [-0.2, 0) is 0 Å². The number of anilines is 2. The second-order valence-electron chi connectivity index (χ2n) is 4.61. The average Bonchev–Trinajstić information content (AvgIpc) is 2.41. The zero-order chi connectivity index (χ0) is 15.6. The van der Waals surface area contributed by atoms with Crippen molar-refractivity contribution < 1.29 is 13.6 Å². The first-order valence-electron chi connectivity index (χ1n) is 6.12. The number of carbonyl (C=O) groups is 1. The Kier molecular flexibility index (Phi) is 4.57. The van der Waals surface area contributed by atoms with Crippen molar-refractivity contribution in [3.63, 3.8) is 0 Å². The minimum atomic E-state index is -1.16. The van der Waals surface area contributed by atoms with Crippen molar-refractivity contribution in [3.8, 4) is 0 Å². The van der Waals surface area contributed by atoms with Crippen LogP contribution in [0.3, 0.4) is 0 Å². The van der Waals surface area contributed by atoms with E-state index in [-0.39, 0.29) is 5.56 Å². The molecule has 0 aliphatic carbocycles. The van der Waals surface area contributed by atoms with E-state index in [4.69, 9.17) is 0 Å². The molecule has 2 aromatic carbocycles. The van der Waals surface area contributed by atoms with Crippen LogP contribution < -0.4 is 10.2 Å². The van der Waals surface area contributed by atoms with Crippen LogP contribution in [0.15, 0.2) is 40.9 Å². The molecular weight excluding hydrogens is 342 g/mol. The summed E-state index contributed by atoms with van der Waals surface area (Å²) in [7, 11) is 3.64. The highest BCUT2D eigenvalue weighted by Crippen LogP contribution is 2.28. The molecular formula is C15H13BrF2N2O. The van der Waals surface area contributed by atoms with Gasteiger partial charge in [-0.1, -0.05) is 22.0 Å². The van der Waals surface area contributed by atoms with Crippen molar-refractivity contribution in [2.75, 3.05) is 24.3 Å². The van der Waals surface area contributed by atoms with Crippen LogP contribution in [0.1, 0.15) is 10.4 Å². The van der Waals surface area contributed by atoms with Gasteiger partial charge in [-0.2, -0.15) is 0 Å². The molecule has 110 valence electrons. The summed E-state index contributed by atoms with van der Waals surface area (Å²) in [6.07, 6.45) is 0. The molecule has 0 aliphatic heterocycles. The molecule has 0 heterocycles. The van der Waals surface area contributed by atoms with Gasteiger partial charge in [0.05, 0.1) is 16.9 Å². The Hall–Kier alpha value is -1.95. The molecule has 2 rings (SSSR count). The number of rotatable bonds is 3. The van der Waals surface area contributed by atoms with Crippen LogP contribution in [0.5, 0.6) is 0 Å². The third-order valence-electron chi connectivity index (χ3n) is 2.88. The summed E-state index contributed by atoms with van der Waals surface area (Å²) in [5, 5.41) is 2.60. The molecule has 0 spiro atoms. The summed E-state index contributed by atoms with van der Waals surface area (Å²) >= 11 is 3.31. The van der Waals surface area contributed by atoms with Gasteiger partial charge in [-0.25, -0.2) is 8.78 Å². The standard InChI is InChI=1S/C15H13BrF2N2O/c1-20(2)13-7-6-9(16)8-12(13)19-15(21)10-4-3-5-11(17)14(10)18/h3-8H,1-2H3,(H,19,21). The topological polar surface area (TPSA) is 32.3 Å². The minimum Gasteiger partial charge on any atom is -0.376 e. The van der Waals surface area contributed by atoms with E-state index < -0.39 is 17.5 Å². The van der Waals surface area contributed by atoms with Gasteiger partial charge >= 0.3 is 0 Å². The number of amides is 1. The Bertz CT molecular complexity index is 689. The van der Waals surface area contributed by atoms with E-state index in [0.717, 1.165) is 16.2 Å². The van der Waals surface area contributed by atoms with E-state index in [1.165, 1.54) is 12.1 Å². The second-order valence-corrected chi connectivity index (χ2v) is 5.53. The van der Waals surface area contributed by atoms with Crippen LogP contribution in [0, 0.1) is 11.6 Å². The van der Waals surface area contributed by atoms with E-state index in [0.29, 0.717) is 5.69 Å². The maximum atomic E-state index is 13.6. The average molecular weight is 355 g/mol. The quantitative estimate of drug-likeness (QED) is 0.901. The molecule has 0 saturated heterocycles. The maximum Gasteiger partial charge on any atom is 0.258 e. The molecule has 6 heteroatoms. The summed E-state index contributed by atoms with van der Waals surface area (Å²) in [5.74, 6) is -2.91. The normalized spacial score (nSPS) is 10.3. The number of halogens is 3. The Morgan fingerprint density at radius 1 is 1.19 bits per heavy atom. The molecule has 0 unspecified atom stereocenters. The Morgan fingerprint density at radius 2 is 1.90 bits per heavy atom. The molecule has 3 nitrogen and oxygen atoms in total. The van der Waals surface area contributed by atoms with Crippen LogP contribution in [0.2, 0.25) is 0 Å². The third-order valence-corrected chi connectivity index (χ3v) is 3.38. The van der Waals surface area contributed by atoms with E-state index in [2.05, 4.69) is 21.2 Å². The lowest BCUT2D eigenvalue weighted by Crippen LogP contribution is -2.18. The van der Waals surface area contributed by atoms with Crippen LogP contribution in [0.4, 0.5) is 20.2 Å². The highest BCUT2D eigenvalue weighted by Gasteiger charge is 2.17. The maximum absolute atomic E-state index is 13.6. The molecule has 0 saturated carbocycles. The number of nitrogens with zero attached hydrogens (tertiary/aromatic N) is 1. The predicted octanol–water partition coefficient (Wildman–Crippen LogP) is 4.05. The lowest BCUT2D eigenvalue weighted by molar-refractivity contribution is 0.102. The Morgan fingerprint density at radius 3 is 2.57 bits per heavy atom. The number of benzene rings is 2. The van der Waals surface area contributed by atoms with Gasteiger partial charge in [-0.05, 0) is 30.3 Å². The molecule has 2 aromatic rings. The third kappa shape index (κ3) is 3.39. The van der Waals surface area contributed by atoms with Gasteiger partial charge in [0.1, 0.15) is 0 Å². The minimum absolute atomic E-state index is 0.334. The molecule has 0 aromatic heterocycles. The number of carbonyl (C=O) groups excluding carboxylic acids is 1. The SMILES string of the molecule is CN(C)c1ccc(Br)cc1NC(=O)c1cccc(F)c1F.